The maximum absolute atomic E-state index is 6.76. The summed E-state index contributed by atoms with van der Waals surface area (Å²) in [7, 11) is 0. The van der Waals surface area contributed by atoms with Gasteiger partial charge >= 0.3 is 0 Å². The van der Waals surface area contributed by atoms with Crippen LogP contribution in [0.5, 0.6) is 0 Å². The molecular formula is C45H28N4O. The van der Waals surface area contributed by atoms with Crippen LogP contribution in [-0.2, 0) is 0 Å². The maximum atomic E-state index is 6.76. The molecule has 10 aromatic rings. The van der Waals surface area contributed by atoms with Crippen LogP contribution in [-0.4, -0.2) is 19.5 Å². The van der Waals surface area contributed by atoms with Crippen LogP contribution >= 0.6 is 0 Å². The summed E-state index contributed by atoms with van der Waals surface area (Å²) < 4.78 is 9.07. The Morgan fingerprint density at radius 2 is 0.840 bits per heavy atom. The maximum Gasteiger partial charge on any atom is 0.164 e. The standard InChI is InChI=1S/C45H28N4O/c1-3-12-29(13-4-1)30-22-24-32(25-23-30)44-46-43(31-14-5-2-6-15-31)47-45(48-44)33-26-27-36-37-18-11-21-40(42(37)50-41(36)28-33)49-38-19-9-7-16-34(38)35-17-8-10-20-39(35)49/h1-28H. The third-order valence-corrected chi connectivity index (χ3v) is 9.47. The van der Waals surface area contributed by atoms with Gasteiger partial charge in [-0.2, -0.15) is 0 Å². The molecule has 0 spiro atoms. The van der Waals surface area contributed by atoms with E-state index in [1.54, 1.807) is 0 Å². The van der Waals surface area contributed by atoms with Crippen LogP contribution in [0.4, 0.5) is 0 Å². The Kier molecular flexibility index (Phi) is 6.42. The highest BCUT2D eigenvalue weighted by atomic mass is 16.3. The van der Waals surface area contributed by atoms with Gasteiger partial charge in [0.2, 0.25) is 0 Å². The van der Waals surface area contributed by atoms with E-state index in [1.807, 2.05) is 36.4 Å². The second-order valence-electron chi connectivity index (χ2n) is 12.5. The minimum absolute atomic E-state index is 0.589. The van der Waals surface area contributed by atoms with Crippen LogP contribution in [0.15, 0.2) is 174 Å². The highest BCUT2D eigenvalue weighted by Gasteiger charge is 2.19. The molecule has 0 atom stereocenters. The average molecular weight is 641 g/mol. The number of fused-ring (bicyclic) bond motifs is 6. The molecule has 0 saturated carbocycles. The third kappa shape index (κ3) is 4.60. The number of hydrogen-bond donors (Lipinski definition) is 0. The summed E-state index contributed by atoms with van der Waals surface area (Å²) in [5.74, 6) is 1.83. The van der Waals surface area contributed by atoms with Crippen LogP contribution in [0.1, 0.15) is 0 Å². The van der Waals surface area contributed by atoms with E-state index < -0.39 is 0 Å². The second-order valence-corrected chi connectivity index (χ2v) is 12.5. The number of nitrogens with zero attached hydrogens (tertiary/aromatic N) is 4. The van der Waals surface area contributed by atoms with E-state index in [2.05, 4.69) is 138 Å². The largest absolute Gasteiger partial charge is 0.454 e. The molecule has 0 aliphatic carbocycles. The van der Waals surface area contributed by atoms with E-state index in [1.165, 1.54) is 16.3 Å². The lowest BCUT2D eigenvalue weighted by atomic mass is 10.0. The molecular weight excluding hydrogens is 613 g/mol. The van der Waals surface area contributed by atoms with Crippen LogP contribution in [0.3, 0.4) is 0 Å². The van der Waals surface area contributed by atoms with Gasteiger partial charge in [-0.1, -0.05) is 140 Å². The molecule has 0 bridgehead atoms. The molecule has 0 amide bonds. The molecule has 0 fully saturated rings. The summed E-state index contributed by atoms with van der Waals surface area (Å²) in [6, 6.07) is 58.5. The smallest absolute Gasteiger partial charge is 0.164 e. The Balaban J connectivity index is 1.12. The molecule has 0 unspecified atom stereocenters. The van der Waals surface area contributed by atoms with E-state index in [0.29, 0.717) is 17.5 Å². The lowest BCUT2D eigenvalue weighted by Gasteiger charge is -2.09. The molecule has 10 rings (SSSR count). The molecule has 3 heterocycles. The first-order chi connectivity index (χ1) is 24.8. The van der Waals surface area contributed by atoms with Gasteiger partial charge in [-0.15, -0.1) is 0 Å². The van der Waals surface area contributed by atoms with E-state index in [-0.39, 0.29) is 0 Å². The zero-order valence-corrected chi connectivity index (χ0v) is 26.9. The number of aromatic nitrogens is 4. The van der Waals surface area contributed by atoms with Gasteiger partial charge in [0, 0.05) is 38.2 Å². The summed E-state index contributed by atoms with van der Waals surface area (Å²) in [5, 5.41) is 4.53. The molecule has 0 N–H and O–H groups in total. The van der Waals surface area contributed by atoms with Crippen molar-refractivity contribution in [2.45, 2.75) is 0 Å². The first-order valence-electron chi connectivity index (χ1n) is 16.7. The van der Waals surface area contributed by atoms with E-state index in [0.717, 1.165) is 60.9 Å². The SMILES string of the molecule is c1ccc(-c2ccc(-c3nc(-c4ccccc4)nc(-c4ccc5c(c4)oc4c(-n6c7ccccc7c7ccccc76)cccc45)n3)cc2)cc1. The van der Waals surface area contributed by atoms with Crippen molar-refractivity contribution in [2.75, 3.05) is 0 Å². The van der Waals surface area contributed by atoms with Crippen molar-refractivity contribution in [1.82, 2.24) is 19.5 Å². The van der Waals surface area contributed by atoms with E-state index in [9.17, 15) is 0 Å². The Hall–Kier alpha value is -6.85. The van der Waals surface area contributed by atoms with Gasteiger partial charge in [0.1, 0.15) is 5.58 Å². The van der Waals surface area contributed by atoms with Crippen LogP contribution in [0.2, 0.25) is 0 Å². The molecule has 0 aliphatic heterocycles. The predicted octanol–water partition coefficient (Wildman–Crippen LogP) is 11.5. The molecule has 0 aliphatic rings. The molecule has 0 radical (unpaired) electrons. The number of furan rings is 1. The van der Waals surface area contributed by atoms with Gasteiger partial charge in [0.05, 0.1) is 16.7 Å². The second kappa shape index (κ2) is 11.4. The fourth-order valence-corrected chi connectivity index (χ4v) is 7.07. The normalized spacial score (nSPS) is 11.6. The lowest BCUT2D eigenvalue weighted by Crippen LogP contribution is -2.00. The zero-order valence-electron chi connectivity index (χ0n) is 26.9. The average Bonchev–Trinajstić information content (AvgIpc) is 3.74. The van der Waals surface area contributed by atoms with Crippen molar-refractivity contribution >= 4 is 43.7 Å². The Morgan fingerprint density at radius 3 is 1.50 bits per heavy atom. The summed E-state index contributed by atoms with van der Waals surface area (Å²) in [6.07, 6.45) is 0. The van der Waals surface area contributed by atoms with Crippen molar-refractivity contribution in [3.63, 3.8) is 0 Å². The molecule has 7 aromatic carbocycles. The van der Waals surface area contributed by atoms with Gasteiger partial charge in [0.15, 0.2) is 23.1 Å². The number of para-hydroxylation sites is 3. The van der Waals surface area contributed by atoms with Crippen LogP contribution in [0, 0.1) is 0 Å². The molecule has 5 nitrogen and oxygen atoms in total. The molecule has 0 saturated heterocycles. The third-order valence-electron chi connectivity index (χ3n) is 9.47. The van der Waals surface area contributed by atoms with Crippen molar-refractivity contribution < 1.29 is 4.42 Å². The number of benzene rings is 7. The summed E-state index contributed by atoms with van der Waals surface area (Å²) in [5.41, 5.74) is 9.93. The Bertz CT molecular complexity index is 2800. The summed E-state index contributed by atoms with van der Waals surface area (Å²) in [6.45, 7) is 0. The Morgan fingerprint density at radius 1 is 0.360 bits per heavy atom. The fourth-order valence-electron chi connectivity index (χ4n) is 7.07. The number of rotatable bonds is 5. The van der Waals surface area contributed by atoms with Gasteiger partial charge < -0.3 is 8.98 Å². The van der Waals surface area contributed by atoms with Gasteiger partial charge in [-0.25, -0.2) is 15.0 Å². The van der Waals surface area contributed by atoms with Crippen molar-refractivity contribution in [1.29, 1.82) is 0 Å². The first kappa shape index (κ1) is 28.2. The van der Waals surface area contributed by atoms with Crippen molar-refractivity contribution in [3.8, 4) is 51.0 Å². The first-order valence-corrected chi connectivity index (χ1v) is 16.7. The zero-order chi connectivity index (χ0) is 33.0. The van der Waals surface area contributed by atoms with E-state index in [4.69, 9.17) is 19.4 Å². The topological polar surface area (TPSA) is 56.7 Å². The molecule has 3 aromatic heterocycles. The predicted molar refractivity (Wildman–Crippen MR) is 203 cm³/mol. The molecule has 234 valence electrons. The van der Waals surface area contributed by atoms with Gasteiger partial charge in [0.25, 0.3) is 0 Å². The van der Waals surface area contributed by atoms with Crippen LogP contribution < -0.4 is 0 Å². The van der Waals surface area contributed by atoms with Crippen LogP contribution in [0.25, 0.3) is 94.7 Å². The minimum atomic E-state index is 0.589. The highest BCUT2D eigenvalue weighted by Crippen LogP contribution is 2.39. The van der Waals surface area contributed by atoms with Gasteiger partial charge in [-0.3, -0.25) is 0 Å². The van der Waals surface area contributed by atoms with Gasteiger partial charge in [-0.05, 0) is 41.5 Å². The molecule has 5 heteroatoms. The van der Waals surface area contributed by atoms with Crippen molar-refractivity contribution in [2.24, 2.45) is 0 Å². The lowest BCUT2D eigenvalue weighted by molar-refractivity contribution is 0.666. The quantitative estimate of drug-likeness (QED) is 0.188. The molecule has 50 heavy (non-hydrogen) atoms. The fraction of sp³-hybridized carbons (Fsp3) is 0. The Labute approximate surface area is 287 Å². The summed E-state index contributed by atoms with van der Waals surface area (Å²) >= 11 is 0. The highest BCUT2D eigenvalue weighted by molar-refractivity contribution is 6.13. The van der Waals surface area contributed by atoms with E-state index >= 15 is 0 Å². The number of hydrogen-bond acceptors (Lipinski definition) is 4. The monoisotopic (exact) mass is 640 g/mol. The minimum Gasteiger partial charge on any atom is -0.454 e. The van der Waals surface area contributed by atoms with Crippen molar-refractivity contribution in [3.05, 3.63) is 170 Å². The summed E-state index contributed by atoms with van der Waals surface area (Å²) in [4.78, 5) is 14.9.